The van der Waals surface area contributed by atoms with Gasteiger partial charge in [0.05, 0.1) is 11.4 Å². The first-order valence-electron chi connectivity index (χ1n) is 7.82. The van der Waals surface area contributed by atoms with Crippen molar-refractivity contribution in [1.29, 1.82) is 0 Å². The van der Waals surface area contributed by atoms with Crippen LogP contribution in [0.5, 0.6) is 5.88 Å². The molecule has 7 heteroatoms. The Labute approximate surface area is 154 Å². The molecule has 0 radical (unpaired) electrons. The minimum absolute atomic E-state index is 0.121. The van der Waals surface area contributed by atoms with Crippen LogP contribution in [0.1, 0.15) is 16.7 Å². The fourth-order valence-corrected chi connectivity index (χ4v) is 2.61. The number of aliphatic imine (C=N–C) groups is 1. The number of nitrogens with one attached hydrogen (secondary N) is 1. The van der Waals surface area contributed by atoms with Crippen molar-refractivity contribution in [3.05, 3.63) is 85.0 Å². The molecule has 0 aliphatic heterocycles. The Bertz CT molecular complexity index is 1110. The molecule has 0 fully saturated rings. The molecular formula is C19H16ClN3O3. The molecule has 2 N–H and O–H groups in total. The lowest BCUT2D eigenvalue weighted by Crippen LogP contribution is -2.31. The summed E-state index contributed by atoms with van der Waals surface area (Å²) in [6.07, 6.45) is 1.22. The van der Waals surface area contributed by atoms with Crippen molar-refractivity contribution in [2.45, 2.75) is 13.8 Å². The zero-order chi connectivity index (χ0) is 18.8. The average molecular weight is 370 g/mol. The number of aryl methyl sites for hydroxylation is 2. The molecule has 0 atom stereocenters. The van der Waals surface area contributed by atoms with E-state index in [-0.39, 0.29) is 5.56 Å². The Kier molecular flexibility index (Phi) is 4.77. The second kappa shape index (κ2) is 7.01. The maximum absolute atomic E-state index is 12.2. The van der Waals surface area contributed by atoms with E-state index >= 15 is 0 Å². The van der Waals surface area contributed by atoms with Gasteiger partial charge in [-0.25, -0.2) is 9.36 Å². The number of nitrogens with zero attached hydrogens (tertiary/aromatic N) is 2. The number of aromatic amines is 1. The zero-order valence-corrected chi connectivity index (χ0v) is 14.9. The predicted octanol–water partition coefficient (Wildman–Crippen LogP) is 3.25. The Balaban J connectivity index is 2.14. The standard InChI is InChI=1S/C19H16ClN3O3/c1-11-3-7-14(8-4-11)23-18(25)15(17(24)22-19(23)26)10-21-16-9-13(20)6-5-12(16)2/h3-10,25H,1-2H3,(H,22,24,26). The highest BCUT2D eigenvalue weighted by Gasteiger charge is 2.14. The van der Waals surface area contributed by atoms with E-state index in [0.29, 0.717) is 16.4 Å². The first kappa shape index (κ1) is 17.7. The van der Waals surface area contributed by atoms with Crippen LogP contribution in [-0.2, 0) is 0 Å². The van der Waals surface area contributed by atoms with Gasteiger partial charge in [0.25, 0.3) is 5.56 Å². The molecule has 0 spiro atoms. The van der Waals surface area contributed by atoms with E-state index in [9.17, 15) is 14.7 Å². The van der Waals surface area contributed by atoms with Crippen LogP contribution >= 0.6 is 11.6 Å². The SMILES string of the molecule is Cc1ccc(-n2c(O)c(C=Nc3cc(Cl)ccc3C)c(=O)[nH]c2=O)cc1. The topological polar surface area (TPSA) is 87.4 Å². The Morgan fingerprint density at radius 1 is 1.12 bits per heavy atom. The molecule has 0 aliphatic carbocycles. The van der Waals surface area contributed by atoms with E-state index in [1.165, 1.54) is 6.21 Å². The molecule has 0 unspecified atom stereocenters. The molecule has 2 aromatic carbocycles. The number of aromatic nitrogens is 2. The summed E-state index contributed by atoms with van der Waals surface area (Å²) in [6, 6.07) is 12.1. The quantitative estimate of drug-likeness (QED) is 0.694. The average Bonchev–Trinajstić information content (AvgIpc) is 2.59. The summed E-state index contributed by atoms with van der Waals surface area (Å²) in [6.45, 7) is 3.75. The van der Waals surface area contributed by atoms with Crippen LogP contribution < -0.4 is 11.2 Å². The Hall–Kier alpha value is -3.12. The number of halogens is 1. The number of aromatic hydroxyl groups is 1. The van der Waals surface area contributed by atoms with Crippen molar-refractivity contribution in [3.8, 4) is 11.6 Å². The molecule has 0 saturated heterocycles. The summed E-state index contributed by atoms with van der Waals surface area (Å²) in [5.74, 6) is -0.481. The highest BCUT2D eigenvalue weighted by atomic mass is 35.5. The van der Waals surface area contributed by atoms with Gasteiger partial charge in [0, 0.05) is 11.2 Å². The normalized spacial score (nSPS) is 11.2. The van der Waals surface area contributed by atoms with Crippen LogP contribution in [0.3, 0.4) is 0 Å². The fraction of sp³-hybridized carbons (Fsp3) is 0.105. The van der Waals surface area contributed by atoms with Gasteiger partial charge in [-0.1, -0.05) is 35.4 Å². The van der Waals surface area contributed by atoms with Crippen molar-refractivity contribution in [1.82, 2.24) is 9.55 Å². The van der Waals surface area contributed by atoms with Crippen molar-refractivity contribution >= 4 is 23.5 Å². The van der Waals surface area contributed by atoms with E-state index in [1.807, 2.05) is 13.8 Å². The Morgan fingerprint density at radius 3 is 2.50 bits per heavy atom. The number of rotatable bonds is 3. The molecule has 132 valence electrons. The van der Waals surface area contributed by atoms with Gasteiger partial charge in [-0.15, -0.1) is 0 Å². The van der Waals surface area contributed by atoms with E-state index < -0.39 is 17.1 Å². The molecule has 1 heterocycles. The maximum atomic E-state index is 12.2. The first-order valence-corrected chi connectivity index (χ1v) is 8.20. The van der Waals surface area contributed by atoms with Gasteiger partial charge in [-0.05, 0) is 43.7 Å². The van der Waals surface area contributed by atoms with Gasteiger partial charge in [0.15, 0.2) is 0 Å². The van der Waals surface area contributed by atoms with Crippen LogP contribution in [0.15, 0.2) is 57.0 Å². The molecule has 3 aromatic rings. The van der Waals surface area contributed by atoms with Gasteiger partial charge in [-0.3, -0.25) is 14.8 Å². The lowest BCUT2D eigenvalue weighted by Gasteiger charge is -2.10. The largest absolute Gasteiger partial charge is 0.493 e. The molecule has 0 aliphatic rings. The number of H-pyrrole nitrogens is 1. The van der Waals surface area contributed by atoms with Crippen LogP contribution in [0.25, 0.3) is 5.69 Å². The molecular weight excluding hydrogens is 354 g/mol. The molecule has 3 rings (SSSR count). The summed E-state index contributed by atoms with van der Waals surface area (Å²) in [5, 5.41) is 11.0. The second-order valence-corrected chi connectivity index (χ2v) is 6.29. The Morgan fingerprint density at radius 2 is 1.81 bits per heavy atom. The van der Waals surface area contributed by atoms with Gasteiger partial charge in [0.1, 0.15) is 5.56 Å². The molecule has 6 nitrogen and oxygen atoms in total. The van der Waals surface area contributed by atoms with Crippen molar-refractivity contribution in [2.24, 2.45) is 4.99 Å². The van der Waals surface area contributed by atoms with Crippen LogP contribution in [0.4, 0.5) is 5.69 Å². The van der Waals surface area contributed by atoms with Gasteiger partial charge < -0.3 is 5.11 Å². The highest BCUT2D eigenvalue weighted by molar-refractivity contribution is 6.30. The summed E-state index contributed by atoms with van der Waals surface area (Å²) < 4.78 is 1.02. The zero-order valence-electron chi connectivity index (χ0n) is 14.2. The third-order valence-corrected chi connectivity index (χ3v) is 4.15. The monoisotopic (exact) mass is 369 g/mol. The smallest absolute Gasteiger partial charge is 0.335 e. The predicted molar refractivity (Wildman–Crippen MR) is 103 cm³/mol. The number of hydrogen-bond donors (Lipinski definition) is 2. The lowest BCUT2D eigenvalue weighted by atomic mass is 10.2. The minimum Gasteiger partial charge on any atom is -0.493 e. The summed E-state index contributed by atoms with van der Waals surface area (Å²) in [5.41, 5.74) is 1.28. The highest BCUT2D eigenvalue weighted by Crippen LogP contribution is 2.23. The minimum atomic E-state index is -0.729. The van der Waals surface area contributed by atoms with Gasteiger partial charge in [0.2, 0.25) is 5.88 Å². The first-order chi connectivity index (χ1) is 12.4. The summed E-state index contributed by atoms with van der Waals surface area (Å²) in [4.78, 5) is 30.7. The third kappa shape index (κ3) is 3.45. The molecule has 0 bridgehead atoms. The van der Waals surface area contributed by atoms with E-state index in [1.54, 1.807) is 42.5 Å². The number of hydrogen-bond acceptors (Lipinski definition) is 4. The molecule has 0 amide bonds. The van der Waals surface area contributed by atoms with Crippen molar-refractivity contribution in [3.63, 3.8) is 0 Å². The third-order valence-electron chi connectivity index (χ3n) is 3.92. The van der Waals surface area contributed by atoms with Crippen molar-refractivity contribution < 1.29 is 5.11 Å². The van der Waals surface area contributed by atoms with E-state index in [4.69, 9.17) is 11.6 Å². The van der Waals surface area contributed by atoms with Crippen molar-refractivity contribution in [2.75, 3.05) is 0 Å². The second-order valence-electron chi connectivity index (χ2n) is 5.86. The van der Waals surface area contributed by atoms with E-state index in [2.05, 4.69) is 9.98 Å². The molecule has 0 saturated carbocycles. The van der Waals surface area contributed by atoms with E-state index in [0.717, 1.165) is 15.7 Å². The van der Waals surface area contributed by atoms with Crippen LogP contribution in [0.2, 0.25) is 5.02 Å². The van der Waals surface area contributed by atoms with Crippen LogP contribution in [-0.4, -0.2) is 20.9 Å². The van der Waals surface area contributed by atoms with Crippen LogP contribution in [0, 0.1) is 13.8 Å². The van der Waals surface area contributed by atoms with Gasteiger partial charge in [-0.2, -0.15) is 0 Å². The fourth-order valence-electron chi connectivity index (χ4n) is 2.44. The molecule has 1 aromatic heterocycles. The lowest BCUT2D eigenvalue weighted by molar-refractivity contribution is 0.430. The summed E-state index contributed by atoms with van der Waals surface area (Å²) >= 11 is 5.96. The molecule has 26 heavy (non-hydrogen) atoms. The number of benzene rings is 2. The maximum Gasteiger partial charge on any atom is 0.335 e. The van der Waals surface area contributed by atoms with Gasteiger partial charge >= 0.3 is 5.69 Å². The summed E-state index contributed by atoms with van der Waals surface area (Å²) in [7, 11) is 0.